The first-order valence-corrected chi connectivity index (χ1v) is 9.63. The maximum absolute atomic E-state index is 11.2. The lowest BCUT2D eigenvalue weighted by Gasteiger charge is -2.20. The van der Waals surface area contributed by atoms with E-state index in [1.54, 1.807) is 26.4 Å². The Morgan fingerprint density at radius 2 is 1.35 bits per heavy atom. The Kier molecular flexibility index (Phi) is 7.05. The summed E-state index contributed by atoms with van der Waals surface area (Å²) in [6, 6.07) is 15.8. The summed E-state index contributed by atoms with van der Waals surface area (Å²) in [6.45, 7) is 0. The number of methoxy groups -OCH3 is 4. The Morgan fingerprint density at radius 3 is 1.97 bits per heavy atom. The van der Waals surface area contributed by atoms with Gasteiger partial charge in [-0.1, -0.05) is 24.3 Å². The van der Waals surface area contributed by atoms with Gasteiger partial charge in [0.25, 0.3) is 0 Å². The molecule has 0 aromatic heterocycles. The number of rotatable bonds is 8. The summed E-state index contributed by atoms with van der Waals surface area (Å²) in [5.41, 5.74) is 2.68. The zero-order valence-electron chi connectivity index (χ0n) is 18.0. The van der Waals surface area contributed by atoms with E-state index >= 15 is 0 Å². The van der Waals surface area contributed by atoms with Gasteiger partial charge in [-0.2, -0.15) is 0 Å². The van der Waals surface area contributed by atoms with Gasteiger partial charge < -0.3 is 29.2 Å². The molecule has 0 amide bonds. The molecule has 2 N–H and O–H groups in total. The summed E-state index contributed by atoms with van der Waals surface area (Å²) in [4.78, 5) is 0. The first kappa shape index (κ1) is 22.1. The van der Waals surface area contributed by atoms with Crippen LogP contribution in [0.4, 0.5) is 0 Å². The van der Waals surface area contributed by atoms with Crippen molar-refractivity contribution in [3.05, 3.63) is 76.9 Å². The van der Waals surface area contributed by atoms with Gasteiger partial charge in [-0.25, -0.2) is 0 Å². The molecule has 0 saturated heterocycles. The zero-order chi connectivity index (χ0) is 22.4. The number of aliphatic hydroxyl groups is 1. The Hall–Kier alpha value is -3.64. The highest BCUT2D eigenvalue weighted by molar-refractivity contribution is 5.74. The zero-order valence-corrected chi connectivity index (χ0v) is 18.0. The minimum Gasteiger partial charge on any atom is -0.508 e. The Balaban J connectivity index is 2.09. The molecule has 0 saturated carbocycles. The summed E-state index contributed by atoms with van der Waals surface area (Å²) >= 11 is 0. The highest BCUT2D eigenvalue weighted by Crippen LogP contribution is 2.39. The van der Waals surface area contributed by atoms with E-state index in [1.807, 2.05) is 42.5 Å². The predicted octanol–water partition coefficient (Wildman–Crippen LogP) is 4.68. The van der Waals surface area contributed by atoms with Crippen molar-refractivity contribution < 1.29 is 29.2 Å². The highest BCUT2D eigenvalue weighted by Gasteiger charge is 2.21. The van der Waals surface area contributed by atoms with E-state index in [4.69, 9.17) is 18.9 Å². The monoisotopic (exact) mass is 422 g/mol. The fraction of sp³-hybridized carbons (Fsp3) is 0.200. The molecule has 6 heteroatoms. The van der Waals surface area contributed by atoms with Gasteiger partial charge in [-0.15, -0.1) is 0 Å². The van der Waals surface area contributed by atoms with Crippen molar-refractivity contribution in [2.75, 3.05) is 28.4 Å². The van der Waals surface area contributed by atoms with Crippen LogP contribution in [-0.2, 0) is 0 Å². The normalized spacial score (nSPS) is 11.9. The number of benzene rings is 3. The molecule has 0 heterocycles. The smallest absolute Gasteiger partial charge is 0.129 e. The molecule has 162 valence electrons. The third-order valence-corrected chi connectivity index (χ3v) is 4.91. The van der Waals surface area contributed by atoms with Crippen LogP contribution in [0.3, 0.4) is 0 Å². The fourth-order valence-electron chi connectivity index (χ4n) is 3.29. The predicted molar refractivity (Wildman–Crippen MR) is 120 cm³/mol. The summed E-state index contributed by atoms with van der Waals surface area (Å²) in [6.07, 6.45) is 2.73. The van der Waals surface area contributed by atoms with E-state index in [-0.39, 0.29) is 5.75 Å². The SMILES string of the molecule is COc1ccc(/C=C/c2cc(OC)cc(OC)c2C(O)c2cc(O)cc(OC)c2)cc1. The molecule has 6 nitrogen and oxygen atoms in total. The molecule has 3 aromatic carbocycles. The third-order valence-electron chi connectivity index (χ3n) is 4.91. The van der Waals surface area contributed by atoms with Gasteiger partial charge in [0.05, 0.1) is 28.4 Å². The topological polar surface area (TPSA) is 77.4 Å². The standard InChI is InChI=1S/C25H26O6/c1-28-20-9-6-16(7-10-20)5-8-17-12-22(30-3)15-23(31-4)24(17)25(27)18-11-19(26)14-21(13-18)29-2/h5-15,25-27H,1-4H3/b8-5+. The molecule has 0 radical (unpaired) electrons. The fourth-order valence-corrected chi connectivity index (χ4v) is 3.29. The minimum atomic E-state index is -1.07. The minimum absolute atomic E-state index is 0.00352. The van der Waals surface area contributed by atoms with Crippen LogP contribution in [0.15, 0.2) is 54.6 Å². The average Bonchev–Trinajstić information content (AvgIpc) is 2.81. The lowest BCUT2D eigenvalue weighted by Crippen LogP contribution is -2.06. The largest absolute Gasteiger partial charge is 0.508 e. The lowest BCUT2D eigenvalue weighted by molar-refractivity contribution is 0.213. The van der Waals surface area contributed by atoms with Crippen molar-refractivity contribution in [3.63, 3.8) is 0 Å². The van der Waals surface area contributed by atoms with Crippen molar-refractivity contribution in [2.24, 2.45) is 0 Å². The molecule has 0 spiro atoms. The Morgan fingerprint density at radius 1 is 0.710 bits per heavy atom. The average molecular weight is 422 g/mol. The van der Waals surface area contributed by atoms with Gasteiger partial charge in [0.1, 0.15) is 34.9 Å². The molecule has 1 atom stereocenters. The van der Waals surface area contributed by atoms with E-state index in [0.29, 0.717) is 33.9 Å². The van der Waals surface area contributed by atoms with Crippen molar-refractivity contribution in [1.82, 2.24) is 0 Å². The quantitative estimate of drug-likeness (QED) is 0.514. The van der Waals surface area contributed by atoms with Crippen LogP contribution < -0.4 is 18.9 Å². The molecule has 0 aliphatic heterocycles. The number of hydrogen-bond donors (Lipinski definition) is 2. The second kappa shape index (κ2) is 9.91. The summed E-state index contributed by atoms with van der Waals surface area (Å²) < 4.78 is 21.4. The summed E-state index contributed by atoms with van der Waals surface area (Å²) in [5.74, 6) is 2.27. The molecule has 3 rings (SSSR count). The van der Waals surface area contributed by atoms with Gasteiger partial charge in [0.2, 0.25) is 0 Å². The number of phenols is 1. The van der Waals surface area contributed by atoms with Crippen molar-refractivity contribution in [3.8, 4) is 28.7 Å². The molecule has 0 fully saturated rings. The van der Waals surface area contributed by atoms with Crippen LogP contribution in [0.5, 0.6) is 28.7 Å². The maximum Gasteiger partial charge on any atom is 0.129 e. The second-order valence-corrected chi connectivity index (χ2v) is 6.81. The van der Waals surface area contributed by atoms with Crippen LogP contribution >= 0.6 is 0 Å². The van der Waals surface area contributed by atoms with Gasteiger partial charge in [-0.05, 0) is 47.0 Å². The van der Waals surface area contributed by atoms with E-state index in [2.05, 4.69) is 0 Å². The van der Waals surface area contributed by atoms with Crippen LogP contribution in [0.25, 0.3) is 12.2 Å². The molecular weight excluding hydrogens is 396 g/mol. The number of aromatic hydroxyl groups is 1. The van der Waals surface area contributed by atoms with E-state index < -0.39 is 6.10 Å². The first-order valence-electron chi connectivity index (χ1n) is 9.63. The summed E-state index contributed by atoms with van der Waals surface area (Å²) in [7, 11) is 6.23. The van der Waals surface area contributed by atoms with E-state index in [9.17, 15) is 10.2 Å². The molecule has 0 aliphatic rings. The van der Waals surface area contributed by atoms with E-state index in [0.717, 1.165) is 11.3 Å². The second-order valence-electron chi connectivity index (χ2n) is 6.81. The number of hydrogen-bond acceptors (Lipinski definition) is 6. The van der Waals surface area contributed by atoms with Gasteiger partial charge >= 0.3 is 0 Å². The third kappa shape index (κ3) is 5.10. The Labute approximate surface area is 181 Å². The van der Waals surface area contributed by atoms with Gasteiger partial charge in [0, 0.05) is 17.7 Å². The van der Waals surface area contributed by atoms with Crippen molar-refractivity contribution in [2.45, 2.75) is 6.10 Å². The molecule has 0 bridgehead atoms. The van der Waals surface area contributed by atoms with Crippen LogP contribution in [0, 0.1) is 0 Å². The van der Waals surface area contributed by atoms with Gasteiger partial charge in [0.15, 0.2) is 0 Å². The molecule has 1 unspecified atom stereocenters. The van der Waals surface area contributed by atoms with E-state index in [1.165, 1.54) is 26.4 Å². The summed E-state index contributed by atoms with van der Waals surface area (Å²) in [5, 5.41) is 21.2. The van der Waals surface area contributed by atoms with Crippen LogP contribution in [-0.4, -0.2) is 38.7 Å². The molecular formula is C25H26O6. The maximum atomic E-state index is 11.2. The molecule has 31 heavy (non-hydrogen) atoms. The van der Waals surface area contributed by atoms with Gasteiger partial charge in [-0.3, -0.25) is 0 Å². The number of aliphatic hydroxyl groups excluding tert-OH is 1. The lowest BCUT2D eigenvalue weighted by atomic mass is 9.94. The van der Waals surface area contributed by atoms with Crippen LogP contribution in [0.1, 0.15) is 28.4 Å². The molecule has 0 aliphatic carbocycles. The van der Waals surface area contributed by atoms with Crippen molar-refractivity contribution in [1.29, 1.82) is 0 Å². The number of phenolic OH excluding ortho intramolecular Hbond substituents is 1. The first-order chi connectivity index (χ1) is 15.0. The Bertz CT molecular complexity index is 1060. The van der Waals surface area contributed by atoms with Crippen molar-refractivity contribution >= 4 is 12.2 Å². The molecule has 3 aromatic rings. The van der Waals surface area contributed by atoms with Crippen LogP contribution in [0.2, 0.25) is 0 Å². The number of ether oxygens (including phenoxy) is 4. The highest BCUT2D eigenvalue weighted by atomic mass is 16.5.